The van der Waals surface area contributed by atoms with Gasteiger partial charge in [-0.3, -0.25) is 18.6 Å². The van der Waals surface area contributed by atoms with E-state index in [1.54, 1.807) is 0 Å². The van der Waals surface area contributed by atoms with Crippen LogP contribution in [-0.4, -0.2) is 65.7 Å². The maximum atomic E-state index is 12.5. The fourth-order valence-corrected chi connectivity index (χ4v) is 5.95. The first-order chi connectivity index (χ1) is 23.2. The van der Waals surface area contributed by atoms with Gasteiger partial charge in [-0.25, -0.2) is 4.57 Å². The van der Waals surface area contributed by atoms with Crippen molar-refractivity contribution in [1.29, 1.82) is 0 Å². The lowest BCUT2D eigenvalue weighted by molar-refractivity contribution is -0.161. The van der Waals surface area contributed by atoms with E-state index in [-0.39, 0.29) is 19.4 Å². The van der Waals surface area contributed by atoms with Crippen LogP contribution in [0.15, 0.2) is 12.2 Å². The van der Waals surface area contributed by atoms with Crippen LogP contribution in [0, 0.1) is 0 Å². The van der Waals surface area contributed by atoms with Crippen molar-refractivity contribution >= 4 is 19.8 Å². The molecular formula is C37H71O10P. The molecule has 11 heteroatoms. The molecule has 0 rings (SSSR count). The van der Waals surface area contributed by atoms with Crippen LogP contribution in [0.2, 0.25) is 0 Å². The predicted molar refractivity (Wildman–Crippen MR) is 192 cm³/mol. The number of phosphoric acid groups is 1. The number of unbranched alkanes of at least 4 members (excludes halogenated alkanes) is 20. The maximum absolute atomic E-state index is 12.5. The summed E-state index contributed by atoms with van der Waals surface area (Å²) in [7, 11) is -4.60. The molecule has 3 unspecified atom stereocenters. The van der Waals surface area contributed by atoms with Gasteiger partial charge in [-0.05, 0) is 38.5 Å². The van der Waals surface area contributed by atoms with Crippen LogP contribution >= 0.6 is 7.82 Å². The highest BCUT2D eigenvalue weighted by Gasteiger charge is 2.27. The van der Waals surface area contributed by atoms with Crippen molar-refractivity contribution in [2.75, 3.05) is 26.4 Å². The van der Waals surface area contributed by atoms with Crippen LogP contribution in [0.3, 0.4) is 0 Å². The Morgan fingerprint density at radius 1 is 0.604 bits per heavy atom. The number of ether oxygens (including phenoxy) is 2. The highest BCUT2D eigenvalue weighted by molar-refractivity contribution is 7.47. The van der Waals surface area contributed by atoms with E-state index >= 15 is 0 Å². The van der Waals surface area contributed by atoms with E-state index in [1.165, 1.54) is 89.9 Å². The lowest BCUT2D eigenvalue weighted by Gasteiger charge is -2.20. The predicted octanol–water partition coefficient (Wildman–Crippen LogP) is 9.28. The second-order valence-corrected chi connectivity index (χ2v) is 14.4. The minimum absolute atomic E-state index is 0.185. The third-order valence-electron chi connectivity index (χ3n) is 8.17. The minimum atomic E-state index is -4.60. The molecule has 0 aromatic heterocycles. The first-order valence-electron chi connectivity index (χ1n) is 19.1. The number of allylic oxidation sites excluding steroid dienone is 2. The van der Waals surface area contributed by atoms with Crippen molar-refractivity contribution in [3.63, 3.8) is 0 Å². The van der Waals surface area contributed by atoms with Gasteiger partial charge in [0.2, 0.25) is 0 Å². The van der Waals surface area contributed by atoms with Gasteiger partial charge in [0.1, 0.15) is 12.7 Å². The molecule has 0 radical (unpaired) electrons. The zero-order valence-electron chi connectivity index (χ0n) is 30.5. The smallest absolute Gasteiger partial charge is 0.462 e. The fourth-order valence-electron chi connectivity index (χ4n) is 5.16. The van der Waals surface area contributed by atoms with Crippen molar-refractivity contribution in [3.8, 4) is 0 Å². The Balaban J connectivity index is 4.19. The van der Waals surface area contributed by atoms with Crippen molar-refractivity contribution in [2.24, 2.45) is 0 Å². The van der Waals surface area contributed by atoms with Crippen LogP contribution in [-0.2, 0) is 32.7 Å². The largest absolute Gasteiger partial charge is 0.472 e. The molecule has 0 aliphatic carbocycles. The number of carbonyl (C=O) groups is 2. The van der Waals surface area contributed by atoms with E-state index in [1.807, 2.05) is 0 Å². The van der Waals surface area contributed by atoms with Gasteiger partial charge in [-0.2, -0.15) is 0 Å². The molecule has 0 aliphatic rings. The molecular weight excluding hydrogens is 635 g/mol. The molecule has 0 heterocycles. The number of rotatable bonds is 36. The Hall–Kier alpha value is -1.29. The summed E-state index contributed by atoms with van der Waals surface area (Å²) < 4.78 is 32.4. The molecule has 3 N–H and O–H groups in total. The molecule has 0 aromatic rings. The Morgan fingerprint density at radius 3 is 1.50 bits per heavy atom. The molecule has 0 aliphatic heterocycles. The van der Waals surface area contributed by atoms with E-state index in [0.29, 0.717) is 12.8 Å². The number of hydrogen-bond donors (Lipinski definition) is 3. The van der Waals surface area contributed by atoms with Gasteiger partial charge >= 0.3 is 19.8 Å². The molecule has 284 valence electrons. The van der Waals surface area contributed by atoms with Crippen molar-refractivity contribution in [2.45, 2.75) is 187 Å². The maximum Gasteiger partial charge on any atom is 0.472 e. The lowest BCUT2D eigenvalue weighted by Crippen LogP contribution is -2.29. The molecule has 3 atom stereocenters. The van der Waals surface area contributed by atoms with Crippen LogP contribution in [0.1, 0.15) is 174 Å². The zero-order valence-corrected chi connectivity index (χ0v) is 31.4. The molecule has 10 nitrogen and oxygen atoms in total. The second-order valence-electron chi connectivity index (χ2n) is 13.0. The second kappa shape index (κ2) is 34.2. The van der Waals surface area contributed by atoms with Crippen molar-refractivity contribution < 1.29 is 47.8 Å². The van der Waals surface area contributed by atoms with Crippen molar-refractivity contribution in [3.05, 3.63) is 12.2 Å². The normalized spacial score (nSPS) is 14.2. The quantitative estimate of drug-likeness (QED) is 0.0249. The van der Waals surface area contributed by atoms with Crippen LogP contribution in [0.5, 0.6) is 0 Å². The Bertz CT molecular complexity index is 822. The van der Waals surface area contributed by atoms with Gasteiger partial charge < -0.3 is 24.6 Å². The zero-order chi connectivity index (χ0) is 35.6. The Morgan fingerprint density at radius 2 is 1.02 bits per heavy atom. The Labute approximate surface area is 292 Å². The summed E-state index contributed by atoms with van der Waals surface area (Å²) in [6.07, 6.45) is 29.3. The minimum Gasteiger partial charge on any atom is -0.462 e. The van der Waals surface area contributed by atoms with Gasteiger partial charge in [-0.1, -0.05) is 135 Å². The summed E-state index contributed by atoms with van der Waals surface area (Å²) in [5, 5.41) is 18.2. The first kappa shape index (κ1) is 46.7. The SMILES string of the molecule is CCCCCCCC/C=C\CCCCCCCCCCCC(=O)OC(COC(=O)CCCCCCCC)COP(=O)(O)OCC(O)CO. The highest BCUT2D eigenvalue weighted by atomic mass is 31.2. The summed E-state index contributed by atoms with van der Waals surface area (Å²) in [5.74, 6) is -0.933. The molecule has 0 amide bonds. The van der Waals surface area contributed by atoms with Gasteiger partial charge in [0.15, 0.2) is 6.10 Å². The topological polar surface area (TPSA) is 149 Å². The number of phosphoric ester groups is 1. The van der Waals surface area contributed by atoms with Crippen LogP contribution in [0.4, 0.5) is 0 Å². The fraction of sp³-hybridized carbons (Fsp3) is 0.892. The summed E-state index contributed by atoms with van der Waals surface area (Å²) in [6, 6.07) is 0. The standard InChI is InChI=1S/C37H71O10P/c1-3-5-7-9-11-12-13-14-15-16-17-18-19-20-21-22-23-25-27-29-37(41)47-35(33-46-48(42,43)45-31-34(39)30-38)32-44-36(40)28-26-24-10-8-6-4-2/h14-15,34-35,38-39H,3-13,16-33H2,1-2H3,(H,42,43)/b15-14-. The highest BCUT2D eigenvalue weighted by Crippen LogP contribution is 2.43. The average molecular weight is 707 g/mol. The van der Waals surface area contributed by atoms with Gasteiger partial charge in [0.05, 0.1) is 19.8 Å². The molecule has 0 bridgehead atoms. The molecule has 0 aromatic carbocycles. The van der Waals surface area contributed by atoms with E-state index in [9.17, 15) is 24.2 Å². The van der Waals surface area contributed by atoms with Gasteiger partial charge in [0, 0.05) is 12.8 Å². The van der Waals surface area contributed by atoms with E-state index in [0.717, 1.165) is 44.9 Å². The first-order valence-corrected chi connectivity index (χ1v) is 20.6. The van der Waals surface area contributed by atoms with Gasteiger partial charge in [-0.15, -0.1) is 0 Å². The summed E-state index contributed by atoms with van der Waals surface area (Å²) in [4.78, 5) is 34.6. The van der Waals surface area contributed by atoms with Gasteiger partial charge in [0.25, 0.3) is 0 Å². The monoisotopic (exact) mass is 706 g/mol. The molecule has 0 saturated carbocycles. The molecule has 0 fully saturated rings. The lowest BCUT2D eigenvalue weighted by atomic mass is 10.1. The van der Waals surface area contributed by atoms with Crippen LogP contribution in [0.25, 0.3) is 0 Å². The average Bonchev–Trinajstić information content (AvgIpc) is 3.07. The number of hydrogen-bond acceptors (Lipinski definition) is 9. The number of carbonyl (C=O) groups excluding carboxylic acids is 2. The van der Waals surface area contributed by atoms with E-state index < -0.39 is 51.8 Å². The summed E-state index contributed by atoms with van der Waals surface area (Å²) >= 11 is 0. The summed E-state index contributed by atoms with van der Waals surface area (Å²) in [5.41, 5.74) is 0. The third kappa shape index (κ3) is 33.2. The number of aliphatic hydroxyl groups is 2. The summed E-state index contributed by atoms with van der Waals surface area (Å²) in [6.45, 7) is 2.30. The van der Waals surface area contributed by atoms with Crippen LogP contribution < -0.4 is 0 Å². The van der Waals surface area contributed by atoms with E-state index in [4.69, 9.17) is 19.1 Å². The Kier molecular flexibility index (Phi) is 33.3. The number of esters is 2. The van der Waals surface area contributed by atoms with Crippen molar-refractivity contribution in [1.82, 2.24) is 0 Å². The van der Waals surface area contributed by atoms with E-state index in [2.05, 4.69) is 30.5 Å². The molecule has 0 saturated heterocycles. The molecule has 0 spiro atoms. The third-order valence-corrected chi connectivity index (χ3v) is 9.12. The number of aliphatic hydroxyl groups excluding tert-OH is 2. The molecule has 48 heavy (non-hydrogen) atoms.